The maximum absolute atomic E-state index is 14.1. The number of nitrogens with zero attached hydrogens (tertiary/aromatic N) is 7. The first-order chi connectivity index (χ1) is 22.8. The van der Waals surface area contributed by atoms with Crippen LogP contribution in [-0.4, -0.2) is 72.5 Å². The Morgan fingerprint density at radius 3 is 2.48 bits per heavy atom. The van der Waals surface area contributed by atoms with Crippen LogP contribution in [-0.2, 0) is 23.9 Å². The van der Waals surface area contributed by atoms with E-state index in [0.717, 1.165) is 18.2 Å². The molecule has 0 saturated carbocycles. The van der Waals surface area contributed by atoms with Gasteiger partial charge in [-0.1, -0.05) is 18.5 Å². The van der Waals surface area contributed by atoms with E-state index in [0.29, 0.717) is 17.0 Å². The number of halogens is 4. The van der Waals surface area contributed by atoms with Crippen molar-refractivity contribution >= 4 is 57.2 Å². The van der Waals surface area contributed by atoms with Crippen LogP contribution in [0.4, 0.5) is 24.5 Å². The van der Waals surface area contributed by atoms with Crippen molar-refractivity contribution in [2.24, 2.45) is 0 Å². The highest BCUT2D eigenvalue weighted by molar-refractivity contribution is 6.33. The van der Waals surface area contributed by atoms with Crippen LogP contribution in [0.3, 0.4) is 0 Å². The lowest BCUT2D eigenvalue weighted by molar-refractivity contribution is -0.137. The molecule has 48 heavy (non-hydrogen) atoms. The van der Waals surface area contributed by atoms with Crippen molar-refractivity contribution in [1.82, 2.24) is 29.4 Å². The first-order valence-corrected chi connectivity index (χ1v) is 15.2. The molecule has 0 bridgehead atoms. The highest BCUT2D eigenvalue weighted by Crippen LogP contribution is 2.34. The SMILES string of the molecule is CCc1c(N2CCN(C(=O)c3ncnc(C)c3O)CC2)c(=O)c2nc3cc(C)oc3nc2n1CC(=O)Nc1ccc(C(F)(F)F)cc1Cl. The number of aryl methyl sites for hydroxylation is 2. The number of benzene rings is 1. The number of fused-ring (bicyclic) bond motifs is 2. The average Bonchev–Trinajstić information content (AvgIpc) is 3.42. The number of anilines is 2. The fourth-order valence-electron chi connectivity index (χ4n) is 5.69. The van der Waals surface area contributed by atoms with Crippen LogP contribution in [0.15, 0.2) is 39.8 Å². The van der Waals surface area contributed by atoms with Crippen LogP contribution >= 0.6 is 11.6 Å². The van der Waals surface area contributed by atoms with Crippen molar-refractivity contribution in [3.8, 4) is 5.75 Å². The Morgan fingerprint density at radius 2 is 1.81 bits per heavy atom. The third-order valence-corrected chi connectivity index (χ3v) is 8.36. The van der Waals surface area contributed by atoms with Crippen molar-refractivity contribution in [3.05, 3.63) is 74.2 Å². The summed E-state index contributed by atoms with van der Waals surface area (Å²) < 4.78 is 46.6. The molecule has 17 heteroatoms. The van der Waals surface area contributed by atoms with Gasteiger partial charge in [-0.2, -0.15) is 18.2 Å². The quantitative estimate of drug-likeness (QED) is 0.261. The Labute approximate surface area is 275 Å². The molecule has 1 aliphatic rings. The molecule has 0 unspecified atom stereocenters. The summed E-state index contributed by atoms with van der Waals surface area (Å²) in [4.78, 5) is 61.0. The Kier molecular flexibility index (Phi) is 8.45. The molecule has 1 aromatic carbocycles. The van der Waals surface area contributed by atoms with Gasteiger partial charge in [0.05, 0.1) is 22.0 Å². The average molecular weight is 685 g/mol. The molecular formula is C31H28ClF3N8O5. The number of carbonyl (C=O) groups is 2. The Bertz CT molecular complexity index is 2160. The molecule has 4 aromatic heterocycles. The van der Waals surface area contributed by atoms with Crippen molar-refractivity contribution in [2.45, 2.75) is 39.9 Å². The summed E-state index contributed by atoms with van der Waals surface area (Å²) in [6.07, 6.45) is -3.14. The molecular weight excluding hydrogens is 657 g/mol. The van der Waals surface area contributed by atoms with E-state index in [1.807, 2.05) is 4.90 Å². The van der Waals surface area contributed by atoms with Crippen LogP contribution in [0.25, 0.3) is 22.4 Å². The summed E-state index contributed by atoms with van der Waals surface area (Å²) in [6, 6.07) is 4.23. The zero-order valence-electron chi connectivity index (χ0n) is 25.9. The molecule has 1 fully saturated rings. The fourth-order valence-corrected chi connectivity index (χ4v) is 5.92. The van der Waals surface area contributed by atoms with Crippen molar-refractivity contribution < 1.29 is 32.3 Å². The van der Waals surface area contributed by atoms with Gasteiger partial charge in [0, 0.05) is 37.9 Å². The van der Waals surface area contributed by atoms with E-state index in [1.54, 1.807) is 26.8 Å². The Balaban J connectivity index is 1.37. The van der Waals surface area contributed by atoms with Gasteiger partial charge in [-0.05, 0) is 38.5 Å². The summed E-state index contributed by atoms with van der Waals surface area (Å²) in [5, 5.41) is 12.6. The Hall–Kier alpha value is -5.25. The molecule has 5 aromatic rings. The van der Waals surface area contributed by atoms with Gasteiger partial charge in [0.25, 0.3) is 5.91 Å². The summed E-state index contributed by atoms with van der Waals surface area (Å²) in [5.74, 6) is -0.914. The molecule has 1 aliphatic heterocycles. The number of furan rings is 1. The summed E-state index contributed by atoms with van der Waals surface area (Å²) >= 11 is 6.09. The predicted molar refractivity (Wildman–Crippen MR) is 169 cm³/mol. The van der Waals surface area contributed by atoms with Gasteiger partial charge < -0.3 is 29.2 Å². The number of rotatable bonds is 6. The molecule has 0 radical (unpaired) electrons. The molecule has 2 amide bonds. The number of hydrogen-bond acceptors (Lipinski definition) is 10. The number of piperazine rings is 1. The van der Waals surface area contributed by atoms with Crippen molar-refractivity contribution in [3.63, 3.8) is 0 Å². The number of alkyl halides is 3. The standard InChI is InChI=1S/C31H28ClF3N8O5/c1-4-21-25(41-7-9-42(10-8-41)30(47)24-26(45)16(3)36-14-37-24)27(46)23-28(40-29-20(39-23)11-15(2)48-29)43(21)13-22(44)38-19-6-5-17(12-18(19)32)31(33,34)35/h5-6,11-12,14,45H,4,7-10,13H2,1-3H3,(H,38,44). The third kappa shape index (κ3) is 5.98. The zero-order valence-corrected chi connectivity index (χ0v) is 26.6. The van der Waals surface area contributed by atoms with Crippen LogP contribution in [0.1, 0.15) is 40.1 Å². The minimum atomic E-state index is -4.61. The molecule has 2 N–H and O–H groups in total. The summed E-state index contributed by atoms with van der Waals surface area (Å²) in [6.45, 7) is 5.52. The van der Waals surface area contributed by atoms with Crippen molar-refractivity contribution in [2.75, 3.05) is 36.4 Å². The van der Waals surface area contributed by atoms with E-state index < -0.39 is 35.5 Å². The van der Waals surface area contributed by atoms with Gasteiger partial charge >= 0.3 is 6.18 Å². The lowest BCUT2D eigenvalue weighted by Gasteiger charge is -2.37. The molecule has 0 aliphatic carbocycles. The predicted octanol–water partition coefficient (Wildman–Crippen LogP) is 4.49. The second-order valence-electron chi connectivity index (χ2n) is 11.2. The van der Waals surface area contributed by atoms with Gasteiger partial charge in [0.2, 0.25) is 17.0 Å². The van der Waals surface area contributed by atoms with Crippen LogP contribution in [0.5, 0.6) is 5.75 Å². The van der Waals surface area contributed by atoms with E-state index >= 15 is 0 Å². The minimum absolute atomic E-state index is 0.0178. The molecule has 13 nitrogen and oxygen atoms in total. The number of carbonyl (C=O) groups excluding carboxylic acids is 2. The van der Waals surface area contributed by atoms with Crippen LogP contribution < -0.4 is 15.6 Å². The summed E-state index contributed by atoms with van der Waals surface area (Å²) in [7, 11) is 0. The largest absolute Gasteiger partial charge is 0.504 e. The number of aromatic nitrogens is 5. The first kappa shape index (κ1) is 32.7. The van der Waals surface area contributed by atoms with Crippen LogP contribution in [0.2, 0.25) is 5.02 Å². The minimum Gasteiger partial charge on any atom is -0.504 e. The number of hydrogen-bond donors (Lipinski definition) is 2. The first-order valence-electron chi connectivity index (χ1n) is 14.8. The maximum Gasteiger partial charge on any atom is 0.416 e. The lowest BCUT2D eigenvalue weighted by Crippen LogP contribution is -2.50. The molecule has 5 heterocycles. The highest BCUT2D eigenvalue weighted by Gasteiger charge is 2.32. The normalized spacial score (nSPS) is 13.8. The topological polar surface area (TPSA) is 160 Å². The maximum atomic E-state index is 14.1. The smallest absolute Gasteiger partial charge is 0.416 e. The van der Waals surface area contributed by atoms with E-state index in [2.05, 4.69) is 25.3 Å². The number of nitrogens with one attached hydrogen (secondary N) is 1. The lowest BCUT2D eigenvalue weighted by atomic mass is 10.1. The Morgan fingerprint density at radius 1 is 1.08 bits per heavy atom. The third-order valence-electron chi connectivity index (χ3n) is 8.05. The molecule has 6 rings (SSSR count). The number of pyridine rings is 1. The fraction of sp³-hybridized carbons (Fsp3) is 0.323. The molecule has 0 spiro atoms. The monoisotopic (exact) mass is 684 g/mol. The zero-order chi connectivity index (χ0) is 34.5. The second kappa shape index (κ2) is 12.4. The molecule has 0 atom stereocenters. The van der Waals surface area contributed by atoms with Gasteiger partial charge in [-0.3, -0.25) is 14.4 Å². The summed E-state index contributed by atoms with van der Waals surface area (Å²) in [5.41, 5.74) is 0.00848. The van der Waals surface area contributed by atoms with Gasteiger partial charge in [0.15, 0.2) is 22.6 Å². The van der Waals surface area contributed by atoms with Gasteiger partial charge in [0.1, 0.15) is 29.8 Å². The highest BCUT2D eigenvalue weighted by atomic mass is 35.5. The number of amides is 2. The van der Waals surface area contributed by atoms with Crippen molar-refractivity contribution in [1.29, 1.82) is 0 Å². The van der Waals surface area contributed by atoms with E-state index in [1.165, 1.54) is 15.8 Å². The van der Waals surface area contributed by atoms with Gasteiger partial charge in [-0.25, -0.2) is 15.0 Å². The van der Waals surface area contributed by atoms with Gasteiger partial charge in [-0.15, -0.1) is 0 Å². The van der Waals surface area contributed by atoms with Crippen LogP contribution in [0, 0.1) is 13.8 Å². The second-order valence-corrected chi connectivity index (χ2v) is 11.6. The molecule has 1 saturated heterocycles. The van der Waals surface area contributed by atoms with E-state index in [9.17, 15) is 32.7 Å². The molecule has 250 valence electrons. The van der Waals surface area contributed by atoms with E-state index in [4.69, 9.17) is 16.0 Å². The number of aromatic hydroxyl groups is 1. The van der Waals surface area contributed by atoms with E-state index in [-0.39, 0.29) is 83.0 Å².